The number of hydrogen-bond donors (Lipinski definition) is 0. The number of ether oxygens (including phenoxy) is 2. The summed E-state index contributed by atoms with van der Waals surface area (Å²) in [4.78, 5) is 23.9. The van der Waals surface area contributed by atoms with E-state index >= 15 is 0 Å². The highest BCUT2D eigenvalue weighted by atomic mass is 16.6. The molecular weight excluding hydrogens is 360 g/mol. The molecule has 0 saturated carbocycles. The van der Waals surface area contributed by atoms with Crippen molar-refractivity contribution >= 4 is 12.2 Å². The Bertz CT molecular complexity index is 676. The van der Waals surface area contributed by atoms with Crippen LogP contribution in [0, 0.1) is 0 Å². The van der Waals surface area contributed by atoms with Crippen LogP contribution in [-0.2, 0) is 22.6 Å². The van der Waals surface area contributed by atoms with Crippen molar-refractivity contribution in [3.63, 3.8) is 0 Å². The molecule has 2 heterocycles. The van der Waals surface area contributed by atoms with E-state index in [1.807, 2.05) is 21.5 Å². The fraction of sp³-hybridized carbons (Fsp3) is 0.600. The van der Waals surface area contributed by atoms with Crippen LogP contribution in [0.2, 0.25) is 0 Å². The van der Waals surface area contributed by atoms with Crippen molar-refractivity contribution < 1.29 is 28.2 Å². The third-order valence-electron chi connectivity index (χ3n) is 4.33. The summed E-state index contributed by atoms with van der Waals surface area (Å²) in [5.41, 5.74) is 0. The van der Waals surface area contributed by atoms with Crippen LogP contribution in [0.4, 0.5) is 9.59 Å². The number of hydrogen-bond acceptors (Lipinski definition) is 4. The molecule has 0 aliphatic rings. The first-order valence-corrected chi connectivity index (χ1v) is 10.1. The van der Waals surface area contributed by atoms with Gasteiger partial charge in [-0.3, -0.25) is 0 Å². The maximum Gasteiger partial charge on any atom is 0.511 e. The number of aromatic nitrogens is 4. The molecule has 0 spiro atoms. The van der Waals surface area contributed by atoms with Crippen molar-refractivity contribution in [1.82, 2.24) is 9.13 Å². The molecule has 0 N–H and O–H groups in total. The van der Waals surface area contributed by atoms with Crippen molar-refractivity contribution in [2.45, 2.75) is 65.5 Å². The first kappa shape index (κ1) is 21.7. The summed E-state index contributed by atoms with van der Waals surface area (Å²) in [7, 11) is 0. The van der Waals surface area contributed by atoms with Gasteiger partial charge in [0, 0.05) is 0 Å². The quantitative estimate of drug-likeness (QED) is 0.435. The zero-order valence-corrected chi connectivity index (χ0v) is 17.0. The second kappa shape index (κ2) is 11.9. The Morgan fingerprint density at radius 3 is 1.57 bits per heavy atom. The van der Waals surface area contributed by atoms with Gasteiger partial charge in [0.2, 0.25) is 0 Å². The van der Waals surface area contributed by atoms with Crippen molar-refractivity contribution in [1.29, 1.82) is 0 Å². The van der Waals surface area contributed by atoms with E-state index in [1.54, 1.807) is 25.0 Å². The van der Waals surface area contributed by atoms with Crippen LogP contribution < -0.4 is 9.13 Å². The van der Waals surface area contributed by atoms with Crippen LogP contribution >= 0.6 is 0 Å². The van der Waals surface area contributed by atoms with Crippen LogP contribution in [0.3, 0.4) is 0 Å². The van der Waals surface area contributed by atoms with Gasteiger partial charge in [-0.15, -0.1) is 9.13 Å². The molecule has 2 rings (SSSR count). The Morgan fingerprint density at radius 2 is 1.18 bits per heavy atom. The van der Waals surface area contributed by atoms with E-state index in [2.05, 4.69) is 13.8 Å². The first-order valence-electron chi connectivity index (χ1n) is 10.1. The van der Waals surface area contributed by atoms with Gasteiger partial charge >= 0.3 is 12.2 Å². The third-order valence-corrected chi connectivity index (χ3v) is 4.33. The second-order valence-corrected chi connectivity index (χ2v) is 6.76. The highest BCUT2D eigenvalue weighted by Crippen LogP contribution is 1.98. The minimum Gasteiger partial charge on any atom is -0.431 e. The molecule has 0 atom stereocenters. The molecule has 0 unspecified atom stereocenters. The minimum absolute atomic E-state index is 0.296. The Kier molecular flexibility index (Phi) is 9.24. The number of imidazole rings is 2. The van der Waals surface area contributed by atoms with E-state index in [1.165, 1.54) is 9.13 Å². The lowest BCUT2D eigenvalue weighted by atomic mass is 10.3. The fourth-order valence-corrected chi connectivity index (χ4v) is 2.62. The fourth-order valence-electron chi connectivity index (χ4n) is 2.62. The van der Waals surface area contributed by atoms with Crippen LogP contribution in [-0.4, -0.2) is 34.5 Å². The molecule has 0 radical (unpaired) electrons. The molecule has 8 heteroatoms. The van der Waals surface area contributed by atoms with Crippen molar-refractivity contribution in [2.75, 3.05) is 13.2 Å². The predicted molar refractivity (Wildman–Crippen MR) is 102 cm³/mol. The molecule has 0 aliphatic heterocycles. The normalized spacial score (nSPS) is 10.8. The van der Waals surface area contributed by atoms with Crippen LogP contribution in [0.15, 0.2) is 37.4 Å². The molecule has 2 aromatic heterocycles. The van der Waals surface area contributed by atoms with Gasteiger partial charge in [0.1, 0.15) is 24.8 Å². The van der Waals surface area contributed by atoms with E-state index in [4.69, 9.17) is 9.47 Å². The standard InChI is InChI=1S/C20H32N4O4/c1-3-5-9-21-11-13-23(17-21)19(25)27-15-7-8-16-28-20(26)24-14-12-22(18-24)10-6-4-2/h11-14,17-18H,3-10,15-16H2,1-2H3/q+2. The van der Waals surface area contributed by atoms with E-state index in [9.17, 15) is 9.59 Å². The second-order valence-electron chi connectivity index (χ2n) is 6.76. The Balaban J connectivity index is 1.58. The van der Waals surface area contributed by atoms with E-state index in [0.29, 0.717) is 26.1 Å². The van der Waals surface area contributed by atoms with Gasteiger partial charge in [-0.05, 0) is 25.7 Å². The van der Waals surface area contributed by atoms with Gasteiger partial charge in [-0.25, -0.2) is 9.13 Å². The maximum atomic E-state index is 12.0. The predicted octanol–water partition coefficient (Wildman–Crippen LogP) is 2.91. The van der Waals surface area contributed by atoms with Crippen molar-refractivity contribution in [3.05, 3.63) is 37.4 Å². The average Bonchev–Trinajstić information content (AvgIpc) is 3.36. The highest BCUT2D eigenvalue weighted by molar-refractivity contribution is 5.70. The molecule has 0 aromatic carbocycles. The summed E-state index contributed by atoms with van der Waals surface area (Å²) in [6.07, 6.45) is 15.5. The zero-order chi connectivity index (χ0) is 20.2. The molecule has 0 fully saturated rings. The van der Waals surface area contributed by atoms with Gasteiger partial charge in [-0.2, -0.15) is 9.59 Å². The monoisotopic (exact) mass is 392 g/mol. The van der Waals surface area contributed by atoms with E-state index < -0.39 is 12.2 Å². The Labute approximate surface area is 166 Å². The SMILES string of the molecule is CCCC[n+]1ccn(C(=O)OCCCCOC(=O)n2cc[n+](CCCC)c2)c1. The Hall–Kier alpha value is -2.64. The summed E-state index contributed by atoms with van der Waals surface area (Å²) < 4.78 is 17.3. The van der Waals surface area contributed by atoms with Crippen molar-refractivity contribution in [2.24, 2.45) is 0 Å². The molecule has 2 aromatic rings. The van der Waals surface area contributed by atoms with Crippen molar-refractivity contribution in [3.8, 4) is 0 Å². The summed E-state index contributed by atoms with van der Waals surface area (Å²) in [6, 6.07) is 0. The molecule has 0 aliphatic carbocycles. The molecule has 28 heavy (non-hydrogen) atoms. The van der Waals surface area contributed by atoms with Gasteiger partial charge in [0.05, 0.1) is 26.3 Å². The maximum absolute atomic E-state index is 12.0. The largest absolute Gasteiger partial charge is 0.511 e. The molecule has 154 valence electrons. The summed E-state index contributed by atoms with van der Waals surface area (Å²) in [5, 5.41) is 0. The molecule has 0 amide bonds. The number of nitrogens with zero attached hydrogens (tertiary/aromatic N) is 4. The van der Waals surface area contributed by atoms with E-state index in [-0.39, 0.29) is 0 Å². The lowest BCUT2D eigenvalue weighted by molar-refractivity contribution is -0.696. The zero-order valence-electron chi connectivity index (χ0n) is 17.0. The van der Waals surface area contributed by atoms with Gasteiger partial charge in [0.25, 0.3) is 12.7 Å². The summed E-state index contributed by atoms with van der Waals surface area (Å²) >= 11 is 0. The number of carbonyl (C=O) groups is 2. The summed E-state index contributed by atoms with van der Waals surface area (Å²) in [5.74, 6) is 0. The number of carbonyl (C=O) groups excluding carboxylic acids is 2. The number of unbranched alkanes of at least 4 members (excludes halogenated alkanes) is 3. The third kappa shape index (κ3) is 7.17. The highest BCUT2D eigenvalue weighted by Gasteiger charge is 2.15. The molecule has 0 saturated heterocycles. The van der Waals surface area contributed by atoms with Gasteiger partial charge in [0.15, 0.2) is 0 Å². The lowest BCUT2D eigenvalue weighted by Crippen LogP contribution is -2.31. The van der Waals surface area contributed by atoms with E-state index in [0.717, 1.165) is 38.8 Å². The number of rotatable bonds is 11. The van der Waals surface area contributed by atoms with Gasteiger partial charge in [-0.1, -0.05) is 26.7 Å². The lowest BCUT2D eigenvalue weighted by Gasteiger charge is -2.02. The van der Waals surface area contributed by atoms with Crippen LogP contribution in [0.5, 0.6) is 0 Å². The minimum atomic E-state index is -0.392. The summed E-state index contributed by atoms with van der Waals surface area (Å²) in [6.45, 7) is 6.63. The smallest absolute Gasteiger partial charge is 0.431 e. The Morgan fingerprint density at radius 1 is 0.750 bits per heavy atom. The number of aryl methyl sites for hydroxylation is 2. The molecular formula is C20H32N4O4+2. The molecule has 0 bridgehead atoms. The van der Waals surface area contributed by atoms with Crippen LogP contribution in [0.25, 0.3) is 0 Å². The topological polar surface area (TPSA) is 70.2 Å². The van der Waals surface area contributed by atoms with Gasteiger partial charge < -0.3 is 9.47 Å². The van der Waals surface area contributed by atoms with Crippen LogP contribution in [0.1, 0.15) is 52.4 Å². The molecule has 8 nitrogen and oxygen atoms in total. The first-order chi connectivity index (χ1) is 13.6. The average molecular weight is 393 g/mol.